The van der Waals surface area contributed by atoms with Gasteiger partial charge in [0, 0.05) is 12.7 Å². The number of piperidine rings is 1. The number of hydrogen-bond acceptors (Lipinski definition) is 3. The number of aliphatic hydroxyl groups excluding tert-OH is 1. The Morgan fingerprint density at radius 2 is 2.00 bits per heavy atom. The Bertz CT molecular complexity index is 389. The predicted molar refractivity (Wildman–Crippen MR) is 64.3 cm³/mol. The minimum absolute atomic E-state index is 0.369. The summed E-state index contributed by atoms with van der Waals surface area (Å²) in [7, 11) is 0. The molecule has 0 bridgehead atoms. The first-order valence-electron chi connectivity index (χ1n) is 6.34. The van der Waals surface area contributed by atoms with Crippen LogP contribution in [-0.4, -0.2) is 40.4 Å². The standard InChI is InChI=1S/C13H17F3N2O/c14-13(15,16)12(19)10-4-7-18(8-5-10)9-11-3-1-2-6-17-11/h1-3,6,10,12,19H,4-5,7-9H2. The number of likely N-dealkylation sites (tertiary alicyclic amines) is 1. The van der Waals surface area contributed by atoms with Crippen LogP contribution >= 0.6 is 0 Å². The molecule has 0 radical (unpaired) electrons. The van der Waals surface area contributed by atoms with Crippen molar-refractivity contribution in [1.82, 2.24) is 9.88 Å². The van der Waals surface area contributed by atoms with Crippen LogP contribution in [0.1, 0.15) is 18.5 Å². The van der Waals surface area contributed by atoms with Gasteiger partial charge in [0.25, 0.3) is 0 Å². The van der Waals surface area contributed by atoms with Gasteiger partial charge in [0.1, 0.15) is 0 Å². The highest BCUT2D eigenvalue weighted by atomic mass is 19.4. The van der Waals surface area contributed by atoms with Crippen LogP contribution in [0.2, 0.25) is 0 Å². The van der Waals surface area contributed by atoms with Crippen LogP contribution in [0.25, 0.3) is 0 Å². The quantitative estimate of drug-likeness (QED) is 0.918. The second-order valence-electron chi connectivity index (χ2n) is 4.92. The summed E-state index contributed by atoms with van der Waals surface area (Å²) in [5, 5.41) is 9.23. The third-order valence-corrected chi connectivity index (χ3v) is 3.53. The molecule has 1 atom stereocenters. The minimum Gasteiger partial charge on any atom is -0.383 e. The van der Waals surface area contributed by atoms with Crippen molar-refractivity contribution in [2.24, 2.45) is 5.92 Å². The Balaban J connectivity index is 1.83. The van der Waals surface area contributed by atoms with Gasteiger partial charge >= 0.3 is 6.18 Å². The molecule has 0 aliphatic carbocycles. The number of pyridine rings is 1. The summed E-state index contributed by atoms with van der Waals surface area (Å²) >= 11 is 0. The van der Waals surface area contributed by atoms with Crippen molar-refractivity contribution in [2.45, 2.75) is 31.7 Å². The first kappa shape index (κ1) is 14.3. The van der Waals surface area contributed by atoms with Crippen molar-refractivity contribution in [3.05, 3.63) is 30.1 Å². The van der Waals surface area contributed by atoms with Crippen LogP contribution in [0.5, 0.6) is 0 Å². The molecule has 0 amide bonds. The van der Waals surface area contributed by atoms with Gasteiger partial charge in [-0.2, -0.15) is 13.2 Å². The van der Waals surface area contributed by atoms with Crippen molar-refractivity contribution in [3.63, 3.8) is 0 Å². The summed E-state index contributed by atoms with van der Waals surface area (Å²) in [5.41, 5.74) is 0.914. The summed E-state index contributed by atoms with van der Waals surface area (Å²) in [4.78, 5) is 6.27. The van der Waals surface area contributed by atoms with Crippen molar-refractivity contribution < 1.29 is 18.3 Å². The molecule has 1 aliphatic rings. The second kappa shape index (κ2) is 5.88. The van der Waals surface area contributed by atoms with E-state index in [2.05, 4.69) is 9.88 Å². The second-order valence-corrected chi connectivity index (χ2v) is 4.92. The van der Waals surface area contributed by atoms with Crippen molar-refractivity contribution >= 4 is 0 Å². The highest BCUT2D eigenvalue weighted by molar-refractivity contribution is 5.03. The monoisotopic (exact) mass is 274 g/mol. The van der Waals surface area contributed by atoms with Crippen molar-refractivity contribution in [1.29, 1.82) is 0 Å². The molecule has 1 N–H and O–H groups in total. The van der Waals surface area contributed by atoms with Crippen LogP contribution < -0.4 is 0 Å². The number of aliphatic hydroxyl groups is 1. The molecule has 0 aromatic carbocycles. The number of nitrogens with zero attached hydrogens (tertiary/aromatic N) is 2. The molecule has 1 fully saturated rings. The van der Waals surface area contributed by atoms with Gasteiger partial charge in [-0.1, -0.05) is 6.07 Å². The molecule has 1 aliphatic heterocycles. The lowest BCUT2D eigenvalue weighted by molar-refractivity contribution is -0.223. The zero-order chi connectivity index (χ0) is 13.9. The maximum atomic E-state index is 12.4. The molecular weight excluding hydrogens is 257 g/mol. The molecule has 1 unspecified atom stereocenters. The predicted octanol–water partition coefficient (Wildman–Crippen LogP) is 2.22. The SMILES string of the molecule is OC(C1CCN(Cc2ccccn2)CC1)C(F)(F)F. The van der Waals surface area contributed by atoms with Gasteiger partial charge in [-0.15, -0.1) is 0 Å². The van der Waals surface area contributed by atoms with E-state index in [1.54, 1.807) is 6.20 Å². The number of halogens is 3. The normalized spacial score (nSPS) is 20.4. The Morgan fingerprint density at radius 1 is 1.32 bits per heavy atom. The smallest absolute Gasteiger partial charge is 0.383 e. The Hall–Kier alpha value is -1.14. The molecule has 1 aromatic heterocycles. The third-order valence-electron chi connectivity index (χ3n) is 3.53. The average molecular weight is 274 g/mol. The van der Waals surface area contributed by atoms with Gasteiger partial charge in [-0.25, -0.2) is 0 Å². The molecule has 0 saturated carbocycles. The highest BCUT2D eigenvalue weighted by Crippen LogP contribution is 2.31. The lowest BCUT2D eigenvalue weighted by Gasteiger charge is -2.34. The maximum absolute atomic E-state index is 12.4. The average Bonchev–Trinajstić information content (AvgIpc) is 2.39. The Kier molecular flexibility index (Phi) is 4.42. The third kappa shape index (κ3) is 3.91. The van der Waals surface area contributed by atoms with E-state index in [0.717, 1.165) is 5.69 Å². The minimum atomic E-state index is -4.51. The van der Waals surface area contributed by atoms with Gasteiger partial charge < -0.3 is 5.11 Å². The summed E-state index contributed by atoms with van der Waals surface area (Å²) < 4.78 is 37.2. The van der Waals surface area contributed by atoms with E-state index in [1.165, 1.54) is 0 Å². The largest absolute Gasteiger partial charge is 0.414 e. The van der Waals surface area contributed by atoms with Gasteiger partial charge in [-0.05, 0) is 44.0 Å². The summed E-state index contributed by atoms with van der Waals surface area (Å²) in [6.45, 7) is 1.78. The van der Waals surface area contributed by atoms with Crippen LogP contribution in [0.15, 0.2) is 24.4 Å². The Morgan fingerprint density at radius 3 is 2.53 bits per heavy atom. The van der Waals surface area contributed by atoms with E-state index in [9.17, 15) is 18.3 Å². The van der Waals surface area contributed by atoms with Gasteiger partial charge in [-0.3, -0.25) is 9.88 Å². The number of alkyl halides is 3. The van der Waals surface area contributed by atoms with E-state index in [0.29, 0.717) is 32.5 Å². The summed E-state index contributed by atoms with van der Waals surface area (Å²) in [5.74, 6) is -0.681. The lowest BCUT2D eigenvalue weighted by atomic mass is 9.91. The molecule has 6 heteroatoms. The first-order valence-corrected chi connectivity index (χ1v) is 6.34. The Labute approximate surface area is 110 Å². The van der Waals surface area contributed by atoms with E-state index < -0.39 is 18.2 Å². The van der Waals surface area contributed by atoms with Crippen LogP contribution in [0, 0.1) is 5.92 Å². The molecule has 1 aromatic rings. The first-order chi connectivity index (χ1) is 8.97. The van der Waals surface area contributed by atoms with Gasteiger partial charge in [0.15, 0.2) is 6.10 Å². The molecule has 3 nitrogen and oxygen atoms in total. The van der Waals surface area contributed by atoms with Crippen molar-refractivity contribution in [3.8, 4) is 0 Å². The molecular formula is C13H17F3N2O. The van der Waals surface area contributed by atoms with E-state index in [4.69, 9.17) is 0 Å². The van der Waals surface area contributed by atoms with E-state index in [1.807, 2.05) is 18.2 Å². The molecule has 19 heavy (non-hydrogen) atoms. The van der Waals surface area contributed by atoms with E-state index >= 15 is 0 Å². The molecule has 0 spiro atoms. The fraction of sp³-hybridized carbons (Fsp3) is 0.615. The van der Waals surface area contributed by atoms with Crippen LogP contribution in [-0.2, 0) is 6.54 Å². The number of aromatic nitrogens is 1. The van der Waals surface area contributed by atoms with Gasteiger partial charge in [0.2, 0.25) is 0 Å². The van der Waals surface area contributed by atoms with Gasteiger partial charge in [0.05, 0.1) is 5.69 Å². The van der Waals surface area contributed by atoms with Crippen LogP contribution in [0.3, 0.4) is 0 Å². The zero-order valence-corrected chi connectivity index (χ0v) is 10.5. The molecule has 2 rings (SSSR count). The van der Waals surface area contributed by atoms with Crippen LogP contribution in [0.4, 0.5) is 13.2 Å². The maximum Gasteiger partial charge on any atom is 0.414 e. The fourth-order valence-electron chi connectivity index (χ4n) is 2.41. The van der Waals surface area contributed by atoms with E-state index in [-0.39, 0.29) is 0 Å². The molecule has 1 saturated heterocycles. The fourth-order valence-corrected chi connectivity index (χ4v) is 2.41. The van der Waals surface area contributed by atoms with Crippen molar-refractivity contribution in [2.75, 3.05) is 13.1 Å². The molecule has 106 valence electrons. The highest BCUT2D eigenvalue weighted by Gasteiger charge is 2.44. The summed E-state index contributed by atoms with van der Waals surface area (Å²) in [6.07, 6.45) is -4.26. The zero-order valence-electron chi connectivity index (χ0n) is 10.5. The lowest BCUT2D eigenvalue weighted by Crippen LogP contribution is -2.43. The number of hydrogen-bond donors (Lipinski definition) is 1. The molecule has 2 heterocycles. The number of rotatable bonds is 3. The topological polar surface area (TPSA) is 36.4 Å². The summed E-state index contributed by atoms with van der Waals surface area (Å²) in [6, 6.07) is 5.62.